The van der Waals surface area contributed by atoms with E-state index in [1.807, 2.05) is 20.8 Å². The topological polar surface area (TPSA) is 53.5 Å². The van der Waals surface area contributed by atoms with E-state index in [1.165, 1.54) is 6.42 Å². The van der Waals surface area contributed by atoms with Crippen LogP contribution in [-0.4, -0.2) is 33.1 Å². The fourth-order valence-electron chi connectivity index (χ4n) is 2.97. The van der Waals surface area contributed by atoms with Crippen molar-refractivity contribution in [3.63, 3.8) is 0 Å². The number of rotatable bonds is 3. The lowest BCUT2D eigenvalue weighted by molar-refractivity contribution is 0.00578. The van der Waals surface area contributed by atoms with E-state index in [0.29, 0.717) is 0 Å². The third kappa shape index (κ3) is 3.51. The van der Waals surface area contributed by atoms with Gasteiger partial charge in [-0.15, -0.1) is 4.72 Å². The zero-order chi connectivity index (χ0) is 16.8. The van der Waals surface area contributed by atoms with Crippen LogP contribution < -0.4 is 4.72 Å². The van der Waals surface area contributed by atoms with E-state index < -0.39 is 11.4 Å². The van der Waals surface area contributed by atoms with Crippen molar-refractivity contribution in [1.29, 1.82) is 0 Å². The highest BCUT2D eigenvalue weighted by Crippen LogP contribution is 2.44. The summed E-state index contributed by atoms with van der Waals surface area (Å²) in [6.45, 7) is 14.3. The summed E-state index contributed by atoms with van der Waals surface area (Å²) >= 11 is -1.13. The summed E-state index contributed by atoms with van der Waals surface area (Å²) in [5, 5.41) is 0. The smallest absolute Gasteiger partial charge is 0.484 e. The van der Waals surface area contributed by atoms with E-state index >= 15 is 0 Å². The molecule has 0 radical (unpaired) electrons. The quantitative estimate of drug-likeness (QED) is 0.637. The standard InChI is InChI=1S/C16H32BNO3S/c1-13(2,3)22(19)18-16(11-9-8-10-12-16)17-20-14(4,5)15(6,7)21-17/h18H,8-12H2,1-7H3. The monoisotopic (exact) mass is 329 g/mol. The molecule has 2 rings (SSSR count). The van der Waals surface area contributed by atoms with Crippen LogP contribution in [0.3, 0.4) is 0 Å². The Balaban J connectivity index is 2.24. The number of nitrogens with one attached hydrogen (secondary N) is 1. The molecule has 128 valence electrons. The molecule has 0 aromatic rings. The van der Waals surface area contributed by atoms with E-state index in [4.69, 9.17) is 9.31 Å². The van der Waals surface area contributed by atoms with Crippen molar-refractivity contribution >= 4 is 18.5 Å². The first-order valence-corrected chi connectivity index (χ1v) is 9.60. The van der Waals surface area contributed by atoms with E-state index in [2.05, 4.69) is 32.4 Å². The van der Waals surface area contributed by atoms with Crippen LogP contribution in [0, 0.1) is 0 Å². The summed E-state index contributed by atoms with van der Waals surface area (Å²) in [6, 6.07) is 0. The Morgan fingerprint density at radius 2 is 1.41 bits per heavy atom. The second-order valence-corrected chi connectivity index (χ2v) is 10.8. The predicted molar refractivity (Wildman–Crippen MR) is 92.9 cm³/mol. The fraction of sp³-hybridized carbons (Fsp3) is 1.00. The van der Waals surface area contributed by atoms with Gasteiger partial charge in [0.2, 0.25) is 0 Å². The van der Waals surface area contributed by atoms with Gasteiger partial charge in [0, 0.05) is 11.4 Å². The molecule has 0 bridgehead atoms. The Morgan fingerprint density at radius 3 is 1.82 bits per heavy atom. The van der Waals surface area contributed by atoms with Gasteiger partial charge in [0.1, 0.15) is 4.75 Å². The van der Waals surface area contributed by atoms with Crippen LogP contribution >= 0.6 is 0 Å². The van der Waals surface area contributed by atoms with E-state index in [0.717, 1.165) is 25.7 Å². The van der Waals surface area contributed by atoms with Crippen molar-refractivity contribution in [3.8, 4) is 0 Å². The number of hydrogen-bond donors (Lipinski definition) is 1. The summed E-state index contributed by atoms with van der Waals surface area (Å²) in [7, 11) is -0.343. The molecule has 1 aliphatic carbocycles. The lowest BCUT2D eigenvalue weighted by Crippen LogP contribution is -2.63. The first-order valence-electron chi connectivity index (χ1n) is 8.45. The molecule has 1 heterocycles. The van der Waals surface area contributed by atoms with Crippen molar-refractivity contribution < 1.29 is 13.9 Å². The molecule has 1 saturated heterocycles. The maximum atomic E-state index is 12.7. The Labute approximate surface area is 139 Å². The molecule has 4 nitrogen and oxygen atoms in total. The zero-order valence-corrected chi connectivity index (χ0v) is 16.1. The molecular formula is C16H32BNO3S. The molecule has 0 amide bonds. The SMILES string of the molecule is CC(C)(C)[S+]([O-])NC1(B2OC(C)(C)C(C)(C)O2)CCCCC1. The summed E-state index contributed by atoms with van der Waals surface area (Å²) in [5.74, 6) is 0. The molecular weight excluding hydrogens is 297 g/mol. The molecule has 0 spiro atoms. The Bertz CT molecular complexity index is 387. The van der Waals surface area contributed by atoms with Gasteiger partial charge in [0.15, 0.2) is 0 Å². The lowest BCUT2D eigenvalue weighted by atomic mass is 9.58. The zero-order valence-electron chi connectivity index (χ0n) is 15.2. The van der Waals surface area contributed by atoms with Gasteiger partial charge >= 0.3 is 7.12 Å². The summed E-state index contributed by atoms with van der Waals surface area (Å²) in [6.07, 6.45) is 5.37. The number of hydrogen-bond acceptors (Lipinski definition) is 4. The molecule has 1 saturated carbocycles. The second-order valence-electron chi connectivity index (χ2n) is 8.79. The minimum absolute atomic E-state index is 0.298. The van der Waals surface area contributed by atoms with Gasteiger partial charge in [-0.2, -0.15) is 0 Å². The van der Waals surface area contributed by atoms with Crippen molar-refractivity contribution in [2.45, 2.75) is 102 Å². The molecule has 1 aliphatic heterocycles. The molecule has 2 aliphatic rings. The van der Waals surface area contributed by atoms with Gasteiger partial charge in [-0.1, -0.05) is 19.3 Å². The molecule has 1 atom stereocenters. The minimum Gasteiger partial charge on any atom is -0.598 e. The molecule has 1 N–H and O–H groups in total. The molecule has 0 aromatic carbocycles. The summed E-state index contributed by atoms with van der Waals surface area (Å²) < 4.78 is 28.4. The molecule has 22 heavy (non-hydrogen) atoms. The van der Waals surface area contributed by atoms with Crippen LogP contribution in [-0.2, 0) is 20.7 Å². The Hall–Kier alpha value is 0.255. The van der Waals surface area contributed by atoms with Crippen molar-refractivity contribution in [1.82, 2.24) is 4.72 Å². The molecule has 2 fully saturated rings. The van der Waals surface area contributed by atoms with E-state index in [1.54, 1.807) is 0 Å². The molecule has 0 aromatic heterocycles. The normalized spacial score (nSPS) is 28.6. The average Bonchev–Trinajstić information content (AvgIpc) is 2.59. The predicted octanol–water partition coefficient (Wildman–Crippen LogP) is 3.37. The van der Waals surface area contributed by atoms with Gasteiger partial charge < -0.3 is 13.9 Å². The van der Waals surface area contributed by atoms with Crippen LogP contribution in [0.15, 0.2) is 0 Å². The van der Waals surface area contributed by atoms with Crippen molar-refractivity contribution in [2.75, 3.05) is 0 Å². The third-order valence-electron chi connectivity index (χ3n) is 5.30. The lowest BCUT2D eigenvalue weighted by Gasteiger charge is -2.40. The largest absolute Gasteiger partial charge is 0.598 e. The summed E-state index contributed by atoms with van der Waals surface area (Å²) in [5.41, 5.74) is -1.05. The Kier molecular flexibility index (Phi) is 5.04. The van der Waals surface area contributed by atoms with E-state index in [-0.39, 0.29) is 28.5 Å². The van der Waals surface area contributed by atoms with Crippen LogP contribution in [0.25, 0.3) is 0 Å². The van der Waals surface area contributed by atoms with Crippen molar-refractivity contribution in [3.05, 3.63) is 0 Å². The maximum Gasteiger partial charge on any atom is 0.484 e. The van der Waals surface area contributed by atoms with Gasteiger partial charge in [-0.25, -0.2) is 0 Å². The van der Waals surface area contributed by atoms with Crippen LogP contribution in [0.4, 0.5) is 0 Å². The van der Waals surface area contributed by atoms with Gasteiger partial charge in [-0.05, 0) is 61.3 Å². The average molecular weight is 329 g/mol. The molecule has 6 heteroatoms. The van der Waals surface area contributed by atoms with Crippen LogP contribution in [0.5, 0.6) is 0 Å². The van der Waals surface area contributed by atoms with Gasteiger partial charge in [0.25, 0.3) is 0 Å². The van der Waals surface area contributed by atoms with E-state index in [9.17, 15) is 4.55 Å². The fourth-order valence-corrected chi connectivity index (χ4v) is 3.95. The highest BCUT2D eigenvalue weighted by Gasteiger charge is 2.61. The first-order chi connectivity index (χ1) is 9.90. The van der Waals surface area contributed by atoms with Gasteiger partial charge in [0.05, 0.1) is 16.6 Å². The second kappa shape index (κ2) is 5.96. The minimum atomic E-state index is -1.13. The maximum absolute atomic E-state index is 12.7. The first kappa shape index (κ1) is 18.6. The van der Waals surface area contributed by atoms with Crippen LogP contribution in [0.2, 0.25) is 0 Å². The Morgan fingerprint density at radius 1 is 0.955 bits per heavy atom. The van der Waals surface area contributed by atoms with Crippen LogP contribution in [0.1, 0.15) is 80.6 Å². The third-order valence-corrected chi connectivity index (χ3v) is 7.01. The van der Waals surface area contributed by atoms with Crippen molar-refractivity contribution in [2.24, 2.45) is 0 Å². The highest BCUT2D eigenvalue weighted by molar-refractivity contribution is 7.90. The summed E-state index contributed by atoms with van der Waals surface area (Å²) in [4.78, 5) is 0. The highest BCUT2D eigenvalue weighted by atomic mass is 32.2. The molecule has 1 unspecified atom stereocenters. The van der Waals surface area contributed by atoms with Gasteiger partial charge in [-0.3, -0.25) is 0 Å².